The van der Waals surface area contributed by atoms with Gasteiger partial charge in [-0.15, -0.1) is 0 Å². The molecule has 0 spiro atoms. The molecule has 164 valence electrons. The number of nitrogens with one attached hydrogen (secondary N) is 2. The van der Waals surface area contributed by atoms with E-state index < -0.39 is 0 Å². The average molecular weight is 430 g/mol. The molecule has 2 amide bonds. The molecule has 2 aromatic heterocycles. The van der Waals surface area contributed by atoms with Gasteiger partial charge >= 0.3 is 0 Å². The number of hydrogen-bond acceptors (Lipinski definition) is 4. The number of rotatable bonds is 3. The zero-order chi connectivity index (χ0) is 21.7. The summed E-state index contributed by atoms with van der Waals surface area (Å²) in [6, 6.07) is 6.19. The Bertz CT molecular complexity index is 1170. The first-order chi connectivity index (χ1) is 15.7. The van der Waals surface area contributed by atoms with Gasteiger partial charge in [-0.3, -0.25) is 14.6 Å². The fourth-order valence-corrected chi connectivity index (χ4v) is 5.99. The topological polar surface area (TPSA) is 91.0 Å². The highest BCUT2D eigenvalue weighted by Gasteiger charge is 2.44. The van der Waals surface area contributed by atoms with Crippen LogP contribution in [0.3, 0.4) is 0 Å². The van der Waals surface area contributed by atoms with Crippen LogP contribution < -0.4 is 5.32 Å². The summed E-state index contributed by atoms with van der Waals surface area (Å²) in [6.07, 6.45) is 11.3. The van der Waals surface area contributed by atoms with Gasteiger partial charge in [-0.05, 0) is 74.1 Å². The second kappa shape index (κ2) is 7.73. The zero-order valence-electron chi connectivity index (χ0n) is 18.0. The van der Waals surface area contributed by atoms with Crippen LogP contribution in [0.4, 0.5) is 0 Å². The van der Waals surface area contributed by atoms with Gasteiger partial charge in [-0.25, -0.2) is 4.98 Å². The maximum atomic E-state index is 13.4. The fourth-order valence-electron chi connectivity index (χ4n) is 5.99. The molecule has 3 aliphatic rings. The quantitative estimate of drug-likeness (QED) is 0.669. The lowest BCUT2D eigenvalue weighted by molar-refractivity contribution is 0.0597. The van der Waals surface area contributed by atoms with E-state index >= 15 is 0 Å². The van der Waals surface area contributed by atoms with Gasteiger partial charge in [0.15, 0.2) is 0 Å². The van der Waals surface area contributed by atoms with Gasteiger partial charge in [0.25, 0.3) is 11.8 Å². The van der Waals surface area contributed by atoms with Gasteiger partial charge in [0, 0.05) is 53.7 Å². The van der Waals surface area contributed by atoms with Crippen LogP contribution in [0.5, 0.6) is 0 Å². The number of benzene rings is 1. The zero-order valence-corrected chi connectivity index (χ0v) is 18.0. The van der Waals surface area contributed by atoms with Gasteiger partial charge in [0.1, 0.15) is 5.69 Å². The Labute approximate surface area is 186 Å². The number of aromatic nitrogens is 3. The Kier molecular flexibility index (Phi) is 4.70. The number of carbonyl (C=O) groups excluding carboxylic acids is 2. The van der Waals surface area contributed by atoms with Crippen LogP contribution in [0, 0.1) is 11.8 Å². The van der Waals surface area contributed by atoms with Crippen LogP contribution >= 0.6 is 0 Å². The van der Waals surface area contributed by atoms with Gasteiger partial charge in [-0.1, -0.05) is 0 Å². The Morgan fingerprint density at radius 1 is 1.06 bits per heavy atom. The molecule has 6 rings (SSSR count). The summed E-state index contributed by atoms with van der Waals surface area (Å²) < 4.78 is 0. The highest BCUT2D eigenvalue weighted by molar-refractivity contribution is 5.99. The molecular weight excluding hydrogens is 402 g/mol. The minimum Gasteiger partial charge on any atom is -0.358 e. The molecule has 1 unspecified atom stereocenters. The number of amides is 2. The molecule has 3 heterocycles. The predicted octanol–water partition coefficient (Wildman–Crippen LogP) is 3.12. The molecular formula is C25H27N5O2. The molecule has 3 atom stereocenters. The minimum atomic E-state index is -0.178. The molecule has 1 saturated carbocycles. The predicted molar refractivity (Wildman–Crippen MR) is 120 cm³/mol. The van der Waals surface area contributed by atoms with Crippen molar-refractivity contribution in [3.8, 4) is 0 Å². The third-order valence-electron chi connectivity index (χ3n) is 7.56. The van der Waals surface area contributed by atoms with E-state index in [1.807, 2.05) is 11.0 Å². The van der Waals surface area contributed by atoms with Crippen molar-refractivity contribution in [2.45, 2.75) is 44.6 Å². The lowest BCUT2D eigenvalue weighted by atomic mass is 9.91. The number of likely N-dealkylation sites (tertiary alicyclic amines) is 1. The molecule has 1 aromatic carbocycles. The van der Waals surface area contributed by atoms with E-state index in [4.69, 9.17) is 0 Å². The third kappa shape index (κ3) is 3.27. The van der Waals surface area contributed by atoms with Crippen molar-refractivity contribution in [3.05, 3.63) is 59.3 Å². The molecule has 7 nitrogen and oxygen atoms in total. The smallest absolute Gasteiger partial charge is 0.271 e. The number of piperidine rings is 1. The Hall–Kier alpha value is -3.22. The van der Waals surface area contributed by atoms with E-state index in [1.165, 1.54) is 41.9 Å². The largest absolute Gasteiger partial charge is 0.358 e. The van der Waals surface area contributed by atoms with Crippen LogP contribution in [0.1, 0.15) is 57.8 Å². The number of carbonyl (C=O) groups is 2. The summed E-state index contributed by atoms with van der Waals surface area (Å²) in [5, 5.41) is 4.38. The van der Waals surface area contributed by atoms with Crippen LogP contribution in [-0.4, -0.2) is 50.8 Å². The Morgan fingerprint density at radius 3 is 2.66 bits per heavy atom. The summed E-state index contributed by atoms with van der Waals surface area (Å²) >= 11 is 0. The van der Waals surface area contributed by atoms with Gasteiger partial charge in [-0.2, -0.15) is 0 Å². The van der Waals surface area contributed by atoms with Crippen molar-refractivity contribution >= 4 is 22.7 Å². The highest BCUT2D eigenvalue weighted by Crippen LogP contribution is 2.38. The molecule has 1 aliphatic heterocycles. The molecule has 1 saturated heterocycles. The maximum absolute atomic E-state index is 13.4. The molecule has 3 aromatic rings. The number of aromatic amines is 1. The summed E-state index contributed by atoms with van der Waals surface area (Å²) in [5.74, 6) is 0.486. The van der Waals surface area contributed by atoms with E-state index in [-0.39, 0.29) is 29.7 Å². The van der Waals surface area contributed by atoms with Crippen molar-refractivity contribution in [2.75, 3.05) is 13.1 Å². The Balaban J connectivity index is 1.19. The molecule has 32 heavy (non-hydrogen) atoms. The Morgan fingerprint density at radius 2 is 1.88 bits per heavy atom. The maximum Gasteiger partial charge on any atom is 0.271 e. The summed E-state index contributed by atoms with van der Waals surface area (Å²) in [5.41, 5.74) is 4.98. The van der Waals surface area contributed by atoms with Crippen molar-refractivity contribution < 1.29 is 9.59 Å². The normalized spacial score (nSPS) is 24.4. The van der Waals surface area contributed by atoms with E-state index in [2.05, 4.69) is 32.4 Å². The van der Waals surface area contributed by atoms with Gasteiger partial charge in [0.05, 0.1) is 6.20 Å². The summed E-state index contributed by atoms with van der Waals surface area (Å²) in [7, 11) is 0. The third-order valence-corrected chi connectivity index (χ3v) is 7.56. The van der Waals surface area contributed by atoms with Gasteiger partial charge in [0.2, 0.25) is 0 Å². The van der Waals surface area contributed by atoms with Crippen molar-refractivity contribution in [3.63, 3.8) is 0 Å². The fraction of sp³-hybridized carbons (Fsp3) is 0.440. The van der Waals surface area contributed by atoms with Crippen molar-refractivity contribution in [1.82, 2.24) is 25.2 Å². The van der Waals surface area contributed by atoms with Crippen molar-refractivity contribution in [1.29, 1.82) is 0 Å². The second-order valence-corrected chi connectivity index (χ2v) is 9.45. The van der Waals surface area contributed by atoms with Crippen LogP contribution in [0.2, 0.25) is 0 Å². The molecule has 0 radical (unpaired) electrons. The summed E-state index contributed by atoms with van der Waals surface area (Å²) in [4.78, 5) is 39.6. The molecule has 2 aliphatic carbocycles. The number of hydrogen-bond donors (Lipinski definition) is 2. The van der Waals surface area contributed by atoms with Gasteiger partial charge < -0.3 is 15.2 Å². The first-order valence-corrected chi connectivity index (χ1v) is 11.7. The van der Waals surface area contributed by atoms with Crippen LogP contribution in [0.15, 0.2) is 36.8 Å². The van der Waals surface area contributed by atoms with E-state index in [0.29, 0.717) is 18.8 Å². The molecule has 2 bridgehead atoms. The molecule has 2 N–H and O–H groups in total. The second-order valence-electron chi connectivity index (χ2n) is 9.45. The average Bonchev–Trinajstić information content (AvgIpc) is 3.30. The summed E-state index contributed by atoms with van der Waals surface area (Å²) in [6.45, 7) is 1.37. The first kappa shape index (κ1) is 19.5. The molecule has 7 heteroatoms. The SMILES string of the molecule is O=C(NC1[C@@H]2CC[C@H]1CN(C(=O)c1ccc3[nH]c4c(c3c1)CCCC4)C2)c1cnccn1. The number of H-pyrrole nitrogens is 1. The van der Waals surface area contributed by atoms with Crippen LogP contribution in [-0.2, 0) is 12.8 Å². The first-order valence-electron chi connectivity index (χ1n) is 11.7. The van der Waals surface area contributed by atoms with Crippen LogP contribution in [0.25, 0.3) is 10.9 Å². The number of nitrogens with zero attached hydrogens (tertiary/aromatic N) is 3. The van der Waals surface area contributed by atoms with E-state index in [9.17, 15) is 9.59 Å². The minimum absolute atomic E-state index is 0.0905. The monoisotopic (exact) mass is 429 g/mol. The highest BCUT2D eigenvalue weighted by atomic mass is 16.2. The molecule has 2 fully saturated rings. The van der Waals surface area contributed by atoms with E-state index in [1.54, 1.807) is 6.20 Å². The number of aryl methyl sites for hydroxylation is 2. The lowest BCUT2D eigenvalue weighted by Gasteiger charge is -2.38. The standard InChI is InChI=1S/C25H27N5O2/c31-24(22-12-26-9-10-27-22)29-23-16-5-6-17(23)14-30(13-16)25(32)15-7-8-21-19(11-15)18-3-1-2-4-20(18)28-21/h7-12,16-17,23,28H,1-6,13-14H2,(H,29,31)/t16-,17+,23?. The van der Waals surface area contributed by atoms with Crippen molar-refractivity contribution in [2.24, 2.45) is 11.8 Å². The number of fused-ring (bicyclic) bond motifs is 5. The van der Waals surface area contributed by atoms with E-state index in [0.717, 1.165) is 36.8 Å². The lowest BCUT2D eigenvalue weighted by Crippen LogP contribution is -2.54.